The molecular weight excluding hydrogens is 268 g/mol. The third-order valence-corrected chi connectivity index (χ3v) is 3.07. The van der Waals surface area contributed by atoms with Crippen LogP contribution in [0, 0.1) is 0 Å². The lowest BCUT2D eigenvalue weighted by atomic mass is 10.2. The smallest absolute Gasteiger partial charge is 0.243 e. The van der Waals surface area contributed by atoms with Gasteiger partial charge in [-0.05, 0) is 6.42 Å². The van der Waals surface area contributed by atoms with E-state index in [2.05, 4.69) is 9.97 Å². The van der Waals surface area contributed by atoms with E-state index in [-0.39, 0.29) is 31.4 Å². The van der Waals surface area contributed by atoms with Crippen LogP contribution < -0.4 is 0 Å². The number of rotatable bonds is 4. The van der Waals surface area contributed by atoms with Crippen LogP contribution in [0.5, 0.6) is 0 Å². The lowest BCUT2D eigenvalue weighted by Crippen LogP contribution is -2.53. The number of carbonyl (C=O) groups excluding carboxylic acids is 2. The number of nitrogens with zero attached hydrogens (tertiary/aromatic N) is 4. The van der Waals surface area contributed by atoms with Gasteiger partial charge < -0.3 is 9.80 Å². The quantitative estimate of drug-likeness (QED) is 0.816. The Labute approximate surface area is 116 Å². The van der Waals surface area contributed by atoms with Crippen LogP contribution >= 0.6 is 11.6 Å². The summed E-state index contributed by atoms with van der Waals surface area (Å²) < 4.78 is 0. The van der Waals surface area contributed by atoms with Gasteiger partial charge in [0.25, 0.3) is 0 Å². The highest BCUT2D eigenvalue weighted by Crippen LogP contribution is 2.10. The number of amides is 2. The van der Waals surface area contributed by atoms with Crippen molar-refractivity contribution in [3.8, 4) is 0 Å². The zero-order chi connectivity index (χ0) is 13.8. The van der Waals surface area contributed by atoms with Crippen LogP contribution in [0.3, 0.4) is 0 Å². The molecule has 1 fully saturated rings. The Morgan fingerprint density at radius 2 is 1.84 bits per heavy atom. The normalized spacial score (nSPS) is 16.1. The lowest BCUT2D eigenvalue weighted by molar-refractivity contribution is -0.150. The van der Waals surface area contributed by atoms with Gasteiger partial charge >= 0.3 is 0 Å². The molecule has 0 saturated carbocycles. The fraction of sp³-hybridized carbons (Fsp3) is 0.500. The predicted molar refractivity (Wildman–Crippen MR) is 69.3 cm³/mol. The van der Waals surface area contributed by atoms with Gasteiger partial charge in [-0.25, -0.2) is 4.98 Å². The molecule has 0 aromatic carbocycles. The van der Waals surface area contributed by atoms with Crippen LogP contribution in [0.15, 0.2) is 12.4 Å². The van der Waals surface area contributed by atoms with Gasteiger partial charge in [-0.2, -0.15) is 0 Å². The van der Waals surface area contributed by atoms with Crippen molar-refractivity contribution in [3.05, 3.63) is 23.2 Å². The molecule has 2 amide bonds. The zero-order valence-corrected chi connectivity index (χ0v) is 11.4. The van der Waals surface area contributed by atoms with Crippen molar-refractivity contribution in [1.29, 1.82) is 0 Å². The molecule has 0 aliphatic carbocycles. The first-order valence-electron chi connectivity index (χ1n) is 6.12. The first-order chi connectivity index (χ1) is 9.10. The van der Waals surface area contributed by atoms with Gasteiger partial charge in [0.1, 0.15) is 11.7 Å². The Morgan fingerprint density at radius 1 is 1.16 bits per heavy atom. The molecule has 6 nitrogen and oxygen atoms in total. The fourth-order valence-corrected chi connectivity index (χ4v) is 2.03. The molecule has 0 bridgehead atoms. The third kappa shape index (κ3) is 3.41. The first-order valence-corrected chi connectivity index (χ1v) is 6.50. The molecule has 102 valence electrons. The molecule has 1 saturated heterocycles. The van der Waals surface area contributed by atoms with E-state index in [1.807, 2.05) is 6.92 Å². The SMILES string of the molecule is CCCN1CC(=O)N(Cc2cnc(Cl)cn2)CC1=O. The van der Waals surface area contributed by atoms with Gasteiger partial charge in [0.2, 0.25) is 11.8 Å². The number of halogens is 1. The Morgan fingerprint density at radius 3 is 2.47 bits per heavy atom. The second-order valence-electron chi connectivity index (χ2n) is 4.40. The van der Waals surface area contributed by atoms with E-state index in [9.17, 15) is 9.59 Å². The Kier molecular flexibility index (Phi) is 4.31. The molecule has 0 unspecified atom stereocenters. The molecule has 1 aliphatic heterocycles. The summed E-state index contributed by atoms with van der Waals surface area (Å²) in [5, 5.41) is 0.305. The molecule has 19 heavy (non-hydrogen) atoms. The van der Waals surface area contributed by atoms with E-state index in [1.165, 1.54) is 17.3 Å². The van der Waals surface area contributed by atoms with Crippen molar-refractivity contribution in [2.45, 2.75) is 19.9 Å². The van der Waals surface area contributed by atoms with Crippen LogP contribution in [0.4, 0.5) is 0 Å². The monoisotopic (exact) mass is 282 g/mol. The molecule has 1 aromatic rings. The highest BCUT2D eigenvalue weighted by atomic mass is 35.5. The summed E-state index contributed by atoms with van der Waals surface area (Å²) in [6.07, 6.45) is 3.79. The number of aromatic nitrogens is 2. The second kappa shape index (κ2) is 5.97. The van der Waals surface area contributed by atoms with Gasteiger partial charge in [-0.15, -0.1) is 0 Å². The van der Waals surface area contributed by atoms with Gasteiger partial charge in [-0.3, -0.25) is 14.6 Å². The molecule has 1 aliphatic rings. The lowest BCUT2D eigenvalue weighted by Gasteiger charge is -2.33. The number of hydrogen-bond acceptors (Lipinski definition) is 4. The highest BCUT2D eigenvalue weighted by Gasteiger charge is 2.29. The van der Waals surface area contributed by atoms with Crippen molar-refractivity contribution in [3.63, 3.8) is 0 Å². The van der Waals surface area contributed by atoms with Gasteiger partial charge in [-0.1, -0.05) is 18.5 Å². The van der Waals surface area contributed by atoms with E-state index in [0.717, 1.165) is 6.42 Å². The van der Waals surface area contributed by atoms with Crippen LogP contribution in [-0.4, -0.2) is 51.2 Å². The molecule has 1 aromatic heterocycles. The maximum Gasteiger partial charge on any atom is 0.243 e. The molecule has 2 heterocycles. The van der Waals surface area contributed by atoms with Crippen molar-refractivity contribution >= 4 is 23.4 Å². The second-order valence-corrected chi connectivity index (χ2v) is 4.78. The fourth-order valence-electron chi connectivity index (χ4n) is 1.94. The maximum atomic E-state index is 12.0. The summed E-state index contributed by atoms with van der Waals surface area (Å²) in [5.74, 6) is -0.0897. The minimum absolute atomic E-state index is 0.0247. The highest BCUT2D eigenvalue weighted by molar-refractivity contribution is 6.29. The Bertz CT molecular complexity index is 477. The molecule has 0 radical (unpaired) electrons. The number of hydrogen-bond donors (Lipinski definition) is 0. The molecule has 7 heteroatoms. The van der Waals surface area contributed by atoms with Gasteiger partial charge in [0.05, 0.1) is 31.2 Å². The van der Waals surface area contributed by atoms with Crippen LogP contribution in [0.25, 0.3) is 0 Å². The summed E-state index contributed by atoms with van der Waals surface area (Å²) in [4.78, 5) is 34.9. The summed E-state index contributed by atoms with van der Waals surface area (Å²) in [5.41, 5.74) is 0.620. The first kappa shape index (κ1) is 13.7. The topological polar surface area (TPSA) is 66.4 Å². The largest absolute Gasteiger partial charge is 0.332 e. The Hall–Kier alpha value is -1.69. The summed E-state index contributed by atoms with van der Waals surface area (Å²) in [6.45, 7) is 3.14. The third-order valence-electron chi connectivity index (χ3n) is 2.88. The van der Waals surface area contributed by atoms with Crippen LogP contribution in [0.1, 0.15) is 19.0 Å². The van der Waals surface area contributed by atoms with Gasteiger partial charge in [0, 0.05) is 6.54 Å². The minimum Gasteiger partial charge on any atom is -0.332 e. The Balaban J connectivity index is 2.00. The maximum absolute atomic E-state index is 12.0. The summed E-state index contributed by atoms with van der Waals surface area (Å²) >= 11 is 5.65. The van der Waals surface area contributed by atoms with E-state index in [1.54, 1.807) is 4.90 Å². The molecule has 0 atom stereocenters. The molecular formula is C12H15ClN4O2. The van der Waals surface area contributed by atoms with E-state index in [0.29, 0.717) is 17.4 Å². The summed E-state index contributed by atoms with van der Waals surface area (Å²) in [7, 11) is 0. The zero-order valence-electron chi connectivity index (χ0n) is 10.7. The molecule has 2 rings (SSSR count). The molecule has 0 N–H and O–H groups in total. The predicted octanol–water partition coefficient (Wildman–Crippen LogP) is 0.711. The van der Waals surface area contributed by atoms with Crippen LogP contribution in [0.2, 0.25) is 5.15 Å². The van der Waals surface area contributed by atoms with E-state index >= 15 is 0 Å². The number of carbonyl (C=O) groups is 2. The standard InChI is InChI=1S/C12H15ClN4O2/c1-2-3-16-7-12(19)17(8-11(16)18)6-9-4-15-10(13)5-14-9/h4-5H,2-3,6-8H2,1H3. The van der Waals surface area contributed by atoms with Crippen LogP contribution in [-0.2, 0) is 16.1 Å². The van der Waals surface area contributed by atoms with Crippen molar-refractivity contribution in [2.75, 3.05) is 19.6 Å². The number of piperazine rings is 1. The van der Waals surface area contributed by atoms with E-state index < -0.39 is 0 Å². The van der Waals surface area contributed by atoms with E-state index in [4.69, 9.17) is 11.6 Å². The average Bonchev–Trinajstić information content (AvgIpc) is 2.38. The average molecular weight is 283 g/mol. The minimum atomic E-state index is -0.0650. The van der Waals surface area contributed by atoms with Crippen molar-refractivity contribution in [1.82, 2.24) is 19.8 Å². The van der Waals surface area contributed by atoms with Crippen molar-refractivity contribution in [2.24, 2.45) is 0 Å². The summed E-state index contributed by atoms with van der Waals surface area (Å²) in [6, 6.07) is 0. The van der Waals surface area contributed by atoms with Crippen molar-refractivity contribution < 1.29 is 9.59 Å². The molecule has 0 spiro atoms. The van der Waals surface area contributed by atoms with Gasteiger partial charge in [0.15, 0.2) is 0 Å².